The summed E-state index contributed by atoms with van der Waals surface area (Å²) in [6.45, 7) is 7.94. The molecule has 0 spiro atoms. The summed E-state index contributed by atoms with van der Waals surface area (Å²) in [4.78, 5) is 7.57. The lowest BCUT2D eigenvalue weighted by molar-refractivity contribution is 0.414. The van der Waals surface area contributed by atoms with Gasteiger partial charge in [0.25, 0.3) is 0 Å². The number of methoxy groups -OCH3 is 1. The number of rotatable bonds is 5. The quantitative estimate of drug-likeness (QED) is 0.918. The maximum absolute atomic E-state index is 12.6. The van der Waals surface area contributed by atoms with E-state index in [1.807, 2.05) is 58.2 Å². The fraction of sp³-hybridized carbons (Fsp3) is 0.471. The van der Waals surface area contributed by atoms with Crippen LogP contribution in [0.4, 0.5) is 0 Å². The van der Waals surface area contributed by atoms with E-state index in [1.54, 1.807) is 7.11 Å². The molecule has 1 aromatic carbocycles. The third kappa shape index (κ3) is 3.97. The van der Waals surface area contributed by atoms with Crippen LogP contribution in [0.15, 0.2) is 30.5 Å². The van der Waals surface area contributed by atoms with Crippen molar-refractivity contribution in [3.05, 3.63) is 47.5 Å². The van der Waals surface area contributed by atoms with Gasteiger partial charge >= 0.3 is 0 Å². The second-order valence-electron chi connectivity index (χ2n) is 6.37. The van der Waals surface area contributed by atoms with Crippen LogP contribution in [0.25, 0.3) is 0 Å². The van der Waals surface area contributed by atoms with Crippen LogP contribution in [0, 0.1) is 6.92 Å². The fourth-order valence-electron chi connectivity index (χ4n) is 2.22. The predicted molar refractivity (Wildman–Crippen MR) is 90.9 cm³/mol. The number of ether oxygens (including phenoxy) is 1. The third-order valence-electron chi connectivity index (χ3n) is 3.62. The Morgan fingerprint density at radius 2 is 1.91 bits per heavy atom. The van der Waals surface area contributed by atoms with Crippen molar-refractivity contribution in [2.75, 3.05) is 12.9 Å². The van der Waals surface area contributed by atoms with Gasteiger partial charge < -0.3 is 9.72 Å². The largest absolute Gasteiger partial charge is 0.497 e. The van der Waals surface area contributed by atoms with E-state index in [0.717, 1.165) is 22.8 Å². The molecule has 0 fully saturated rings. The average Bonchev–Trinajstić information content (AvgIpc) is 2.90. The molecule has 120 valence electrons. The molecule has 1 N–H and O–H groups in total. The van der Waals surface area contributed by atoms with Crippen LogP contribution in [-0.2, 0) is 10.8 Å². The lowest BCUT2D eigenvalue weighted by Gasteiger charge is -2.23. The molecule has 2 aromatic rings. The van der Waals surface area contributed by atoms with E-state index < -0.39 is 10.8 Å². The number of aromatic amines is 1. The number of H-pyrrole nitrogens is 1. The van der Waals surface area contributed by atoms with Crippen molar-refractivity contribution < 1.29 is 8.95 Å². The van der Waals surface area contributed by atoms with Gasteiger partial charge in [-0.1, -0.05) is 12.1 Å². The van der Waals surface area contributed by atoms with E-state index in [2.05, 4.69) is 9.97 Å². The molecule has 0 saturated heterocycles. The molecule has 0 radical (unpaired) electrons. The van der Waals surface area contributed by atoms with Crippen molar-refractivity contribution in [2.24, 2.45) is 0 Å². The molecular weight excluding hydrogens is 296 g/mol. The molecule has 2 atom stereocenters. The zero-order chi connectivity index (χ0) is 16.3. The van der Waals surface area contributed by atoms with Crippen LogP contribution in [-0.4, -0.2) is 31.8 Å². The van der Waals surface area contributed by atoms with Crippen molar-refractivity contribution in [1.29, 1.82) is 0 Å². The number of nitrogens with zero attached hydrogens (tertiary/aromatic N) is 1. The van der Waals surface area contributed by atoms with E-state index >= 15 is 0 Å². The Morgan fingerprint density at radius 3 is 2.36 bits per heavy atom. The lowest BCUT2D eigenvalue weighted by atomic mass is 9.98. The Kier molecular flexibility index (Phi) is 5.06. The fourth-order valence-corrected chi connectivity index (χ4v) is 3.39. The molecule has 2 rings (SSSR count). The van der Waals surface area contributed by atoms with Gasteiger partial charge in [-0.2, -0.15) is 0 Å². The van der Waals surface area contributed by atoms with Crippen molar-refractivity contribution in [2.45, 2.75) is 38.4 Å². The summed E-state index contributed by atoms with van der Waals surface area (Å²) in [5, 5.41) is 0. The second-order valence-corrected chi connectivity index (χ2v) is 8.62. The van der Waals surface area contributed by atoms with Crippen molar-refractivity contribution in [3.63, 3.8) is 0 Å². The van der Waals surface area contributed by atoms with Gasteiger partial charge in [-0.15, -0.1) is 0 Å². The van der Waals surface area contributed by atoms with Gasteiger partial charge in [-0.05, 0) is 45.4 Å². The summed E-state index contributed by atoms with van der Waals surface area (Å²) in [5.41, 5.74) is 2.11. The summed E-state index contributed by atoms with van der Waals surface area (Å²) in [6, 6.07) is 7.93. The molecular formula is C17H24N2O2S. The van der Waals surface area contributed by atoms with Gasteiger partial charge in [0.05, 0.1) is 7.11 Å². The number of hydrogen-bond donors (Lipinski definition) is 1. The van der Waals surface area contributed by atoms with E-state index in [-0.39, 0.29) is 10.7 Å². The molecule has 0 aliphatic heterocycles. The number of hydrogen-bond acceptors (Lipinski definition) is 3. The summed E-state index contributed by atoms with van der Waals surface area (Å²) in [6.07, 6.45) is 1.84. The molecule has 4 nitrogen and oxygen atoms in total. The first-order valence-corrected chi connectivity index (χ1v) is 8.67. The van der Waals surface area contributed by atoms with Gasteiger partial charge in [0, 0.05) is 39.1 Å². The highest BCUT2D eigenvalue weighted by atomic mass is 32.2. The minimum atomic E-state index is -0.945. The van der Waals surface area contributed by atoms with Gasteiger partial charge in [0.15, 0.2) is 0 Å². The summed E-state index contributed by atoms with van der Waals surface area (Å²) >= 11 is 0. The molecule has 0 aliphatic carbocycles. The van der Waals surface area contributed by atoms with E-state index in [0.29, 0.717) is 5.75 Å². The molecule has 1 heterocycles. The maximum Gasteiger partial charge on any atom is 0.118 e. The smallest absolute Gasteiger partial charge is 0.118 e. The second kappa shape index (κ2) is 6.65. The van der Waals surface area contributed by atoms with Crippen LogP contribution in [0.1, 0.15) is 43.8 Å². The molecule has 0 aliphatic rings. The number of nitrogens with one attached hydrogen (secondary N) is 1. The molecule has 5 heteroatoms. The first-order chi connectivity index (χ1) is 10.3. The summed E-state index contributed by atoms with van der Waals surface area (Å²) in [7, 11) is 0.707. The Labute approximate surface area is 134 Å². The SMILES string of the molecule is COc1ccc(C(CS(=O)C(C)(C)C)c2cnc(C)[nH]2)cc1. The first-order valence-electron chi connectivity index (χ1n) is 7.35. The maximum atomic E-state index is 12.6. The van der Waals surface area contributed by atoms with Gasteiger partial charge in [-0.3, -0.25) is 4.21 Å². The third-order valence-corrected chi connectivity index (χ3v) is 5.62. The van der Waals surface area contributed by atoms with Crippen LogP contribution in [0.3, 0.4) is 0 Å². The molecule has 2 unspecified atom stereocenters. The van der Waals surface area contributed by atoms with E-state index in [9.17, 15) is 4.21 Å². The van der Waals surface area contributed by atoms with Crippen molar-refractivity contribution >= 4 is 10.8 Å². The molecule has 0 amide bonds. The standard InChI is InChI=1S/C17H24N2O2S/c1-12-18-10-16(19-12)15(11-22(20)17(2,3)4)13-6-8-14(21-5)9-7-13/h6-10,15H,11H2,1-5H3,(H,18,19). The van der Waals surface area contributed by atoms with Crippen LogP contribution in [0.5, 0.6) is 5.75 Å². The highest BCUT2D eigenvalue weighted by Crippen LogP contribution is 2.28. The zero-order valence-electron chi connectivity index (χ0n) is 13.8. The molecule has 22 heavy (non-hydrogen) atoms. The van der Waals surface area contributed by atoms with E-state index in [4.69, 9.17) is 4.74 Å². The topological polar surface area (TPSA) is 55.0 Å². The first kappa shape index (κ1) is 16.7. The van der Waals surface area contributed by atoms with Crippen LogP contribution in [0.2, 0.25) is 0 Å². The Hall–Kier alpha value is -1.62. The lowest BCUT2D eigenvalue weighted by Crippen LogP contribution is -2.27. The molecule has 0 saturated carbocycles. The number of imidazole rings is 1. The van der Waals surface area contributed by atoms with Gasteiger partial charge in [0.1, 0.15) is 11.6 Å². The predicted octanol–water partition coefficient (Wildman–Crippen LogP) is 3.41. The highest BCUT2D eigenvalue weighted by molar-refractivity contribution is 7.86. The van der Waals surface area contributed by atoms with Gasteiger partial charge in [-0.25, -0.2) is 4.98 Å². The van der Waals surface area contributed by atoms with Crippen molar-refractivity contribution in [3.8, 4) is 5.75 Å². The summed E-state index contributed by atoms with van der Waals surface area (Å²) in [5.74, 6) is 2.29. The minimum absolute atomic E-state index is 0.0344. The Balaban J connectivity index is 2.34. The Bertz CT molecular complexity index is 641. The minimum Gasteiger partial charge on any atom is -0.497 e. The number of benzene rings is 1. The van der Waals surface area contributed by atoms with Crippen LogP contribution < -0.4 is 4.74 Å². The zero-order valence-corrected chi connectivity index (χ0v) is 14.7. The monoisotopic (exact) mass is 320 g/mol. The molecule has 1 aromatic heterocycles. The highest BCUT2D eigenvalue weighted by Gasteiger charge is 2.26. The van der Waals surface area contributed by atoms with E-state index in [1.165, 1.54) is 0 Å². The van der Waals surface area contributed by atoms with Crippen LogP contribution >= 0.6 is 0 Å². The molecule has 0 bridgehead atoms. The summed E-state index contributed by atoms with van der Waals surface area (Å²) < 4.78 is 17.6. The number of aromatic nitrogens is 2. The average molecular weight is 320 g/mol. The number of aryl methyl sites for hydroxylation is 1. The normalized spacial score (nSPS) is 14.6. The van der Waals surface area contributed by atoms with Gasteiger partial charge in [0.2, 0.25) is 0 Å². The van der Waals surface area contributed by atoms with Crippen molar-refractivity contribution in [1.82, 2.24) is 9.97 Å². The Morgan fingerprint density at radius 1 is 1.27 bits per heavy atom.